The summed E-state index contributed by atoms with van der Waals surface area (Å²) in [6.07, 6.45) is 5.02. The van der Waals surface area contributed by atoms with Crippen LogP contribution in [0.1, 0.15) is 30.1 Å². The van der Waals surface area contributed by atoms with Crippen LogP contribution in [0.25, 0.3) is 5.82 Å². The van der Waals surface area contributed by atoms with Gasteiger partial charge in [-0.1, -0.05) is 0 Å². The van der Waals surface area contributed by atoms with Crippen molar-refractivity contribution in [3.05, 3.63) is 60.4 Å². The average Bonchev–Trinajstić information content (AvgIpc) is 3.29. The highest BCUT2D eigenvalue weighted by Gasteiger charge is 2.26. The normalized spacial score (nSPS) is 14.6. The van der Waals surface area contributed by atoms with Gasteiger partial charge in [-0.15, -0.1) is 10.2 Å². The van der Waals surface area contributed by atoms with Gasteiger partial charge in [0, 0.05) is 42.7 Å². The number of carbonyl (C=O) groups excluding carboxylic acids is 2. The van der Waals surface area contributed by atoms with E-state index in [9.17, 15) is 9.59 Å². The maximum Gasteiger partial charge on any atom is 0.227 e. The first-order valence-electron chi connectivity index (χ1n) is 9.61. The van der Waals surface area contributed by atoms with Crippen LogP contribution in [0, 0.1) is 5.92 Å². The lowest BCUT2D eigenvalue weighted by atomic mass is 9.95. The minimum Gasteiger partial charge on any atom is -0.355 e. The third-order valence-electron chi connectivity index (χ3n) is 5.12. The quantitative estimate of drug-likeness (QED) is 0.674. The van der Waals surface area contributed by atoms with Crippen LogP contribution in [0.5, 0.6) is 0 Å². The molecule has 0 atom stereocenters. The van der Waals surface area contributed by atoms with E-state index in [1.54, 1.807) is 35.1 Å². The van der Waals surface area contributed by atoms with Gasteiger partial charge in [-0.2, -0.15) is 5.10 Å². The highest BCUT2D eigenvalue weighted by molar-refractivity contribution is 5.96. The Balaban J connectivity index is 1.31. The van der Waals surface area contributed by atoms with Crippen LogP contribution in [0.4, 0.5) is 11.5 Å². The predicted molar refractivity (Wildman–Crippen MR) is 109 cm³/mol. The predicted octanol–water partition coefficient (Wildman–Crippen LogP) is 2.72. The molecule has 0 spiro atoms. The van der Waals surface area contributed by atoms with Gasteiger partial charge in [-0.25, -0.2) is 4.68 Å². The van der Waals surface area contributed by atoms with Crippen LogP contribution in [0.15, 0.2) is 54.9 Å². The maximum atomic E-state index is 12.6. The molecule has 148 valence electrons. The molecule has 0 unspecified atom stereocenters. The molecule has 1 aromatic carbocycles. The molecule has 3 heterocycles. The zero-order valence-electron chi connectivity index (χ0n) is 16.2. The molecule has 2 aromatic heterocycles. The number of nitrogens with one attached hydrogen (secondary N) is 1. The summed E-state index contributed by atoms with van der Waals surface area (Å²) in [5.41, 5.74) is 1.35. The molecule has 1 N–H and O–H groups in total. The number of amides is 1. The first-order valence-corrected chi connectivity index (χ1v) is 9.61. The minimum atomic E-state index is -0.0463. The van der Waals surface area contributed by atoms with Crippen molar-refractivity contribution in [1.82, 2.24) is 20.0 Å². The SMILES string of the molecule is CC(=O)c1ccc(NC(=O)C2CCN(c3ccc(-n4cccn4)nn3)CC2)cc1. The van der Waals surface area contributed by atoms with Gasteiger partial charge in [0.15, 0.2) is 17.4 Å². The van der Waals surface area contributed by atoms with E-state index in [0.717, 1.165) is 31.7 Å². The standard InChI is InChI=1S/C21H22N6O2/c1-15(28)16-3-5-18(6-4-16)23-21(29)17-9-13-26(14-10-17)19-7-8-20(25-24-19)27-12-2-11-22-27/h2-8,11-12,17H,9-10,13-14H2,1H3,(H,23,29). The van der Waals surface area contributed by atoms with E-state index in [4.69, 9.17) is 0 Å². The van der Waals surface area contributed by atoms with Crippen LogP contribution in [-0.2, 0) is 4.79 Å². The number of anilines is 2. The monoisotopic (exact) mass is 390 g/mol. The lowest BCUT2D eigenvalue weighted by Crippen LogP contribution is -2.38. The van der Waals surface area contributed by atoms with E-state index in [0.29, 0.717) is 17.1 Å². The van der Waals surface area contributed by atoms with Crippen LogP contribution in [0.2, 0.25) is 0 Å². The second-order valence-corrected chi connectivity index (χ2v) is 7.08. The van der Waals surface area contributed by atoms with Crippen molar-refractivity contribution in [2.45, 2.75) is 19.8 Å². The lowest BCUT2D eigenvalue weighted by molar-refractivity contribution is -0.120. The lowest BCUT2D eigenvalue weighted by Gasteiger charge is -2.31. The zero-order valence-corrected chi connectivity index (χ0v) is 16.2. The Morgan fingerprint density at radius 3 is 2.28 bits per heavy atom. The van der Waals surface area contributed by atoms with Crippen molar-refractivity contribution in [2.75, 3.05) is 23.3 Å². The topological polar surface area (TPSA) is 93.0 Å². The molecule has 1 aliphatic heterocycles. The van der Waals surface area contributed by atoms with Crippen molar-refractivity contribution in [1.29, 1.82) is 0 Å². The fourth-order valence-electron chi connectivity index (χ4n) is 3.42. The van der Waals surface area contributed by atoms with Crippen LogP contribution < -0.4 is 10.2 Å². The first kappa shape index (κ1) is 18.8. The highest BCUT2D eigenvalue weighted by Crippen LogP contribution is 2.23. The molecule has 0 saturated carbocycles. The summed E-state index contributed by atoms with van der Waals surface area (Å²) in [5.74, 6) is 1.45. The smallest absolute Gasteiger partial charge is 0.227 e. The number of Topliss-reactive ketones (excluding diaryl/α,β-unsaturated/α-hetero) is 1. The molecular weight excluding hydrogens is 368 g/mol. The second-order valence-electron chi connectivity index (χ2n) is 7.08. The van der Waals surface area contributed by atoms with E-state index in [2.05, 4.69) is 25.5 Å². The van der Waals surface area contributed by atoms with Crippen molar-refractivity contribution in [3.8, 4) is 5.82 Å². The Hall–Kier alpha value is -3.55. The molecule has 1 aliphatic rings. The van der Waals surface area contributed by atoms with Gasteiger partial charge in [0.05, 0.1) is 0 Å². The molecule has 1 saturated heterocycles. The first-order chi connectivity index (χ1) is 14.1. The van der Waals surface area contributed by atoms with E-state index in [1.807, 2.05) is 24.4 Å². The van der Waals surface area contributed by atoms with Gasteiger partial charge in [0.1, 0.15) is 0 Å². The molecule has 4 rings (SSSR count). The van der Waals surface area contributed by atoms with E-state index in [1.165, 1.54) is 6.92 Å². The van der Waals surface area contributed by atoms with Crippen molar-refractivity contribution >= 4 is 23.2 Å². The summed E-state index contributed by atoms with van der Waals surface area (Å²) in [6.45, 7) is 3.02. The van der Waals surface area contributed by atoms with Crippen LogP contribution in [0.3, 0.4) is 0 Å². The Bertz CT molecular complexity index is 975. The molecule has 29 heavy (non-hydrogen) atoms. The number of benzene rings is 1. The highest BCUT2D eigenvalue weighted by atomic mass is 16.2. The fraction of sp³-hybridized carbons (Fsp3) is 0.286. The van der Waals surface area contributed by atoms with Gasteiger partial charge in [-0.05, 0) is 62.2 Å². The van der Waals surface area contributed by atoms with Crippen LogP contribution in [-0.4, -0.2) is 44.8 Å². The Labute approximate surface area is 168 Å². The van der Waals surface area contributed by atoms with Gasteiger partial charge in [0.25, 0.3) is 0 Å². The number of carbonyl (C=O) groups is 2. The number of piperidine rings is 1. The van der Waals surface area contributed by atoms with Gasteiger partial charge in [0.2, 0.25) is 5.91 Å². The molecule has 0 radical (unpaired) electrons. The Kier molecular flexibility index (Phi) is 5.33. The number of aromatic nitrogens is 4. The van der Waals surface area contributed by atoms with E-state index >= 15 is 0 Å². The van der Waals surface area contributed by atoms with Crippen molar-refractivity contribution in [3.63, 3.8) is 0 Å². The second kappa shape index (κ2) is 8.22. The zero-order chi connectivity index (χ0) is 20.2. The third-order valence-corrected chi connectivity index (χ3v) is 5.12. The summed E-state index contributed by atoms with van der Waals surface area (Å²) in [4.78, 5) is 26.1. The molecule has 0 bridgehead atoms. The molecule has 3 aromatic rings. The minimum absolute atomic E-state index is 0.0102. The summed E-state index contributed by atoms with van der Waals surface area (Å²) < 4.78 is 1.66. The number of rotatable bonds is 5. The number of hydrogen-bond acceptors (Lipinski definition) is 6. The molecular formula is C21H22N6O2. The summed E-state index contributed by atoms with van der Waals surface area (Å²) >= 11 is 0. The summed E-state index contributed by atoms with van der Waals surface area (Å²) in [6, 6.07) is 12.6. The molecule has 8 heteroatoms. The Morgan fingerprint density at radius 1 is 1.00 bits per heavy atom. The molecule has 1 fully saturated rings. The van der Waals surface area contributed by atoms with Gasteiger partial charge >= 0.3 is 0 Å². The maximum absolute atomic E-state index is 12.6. The van der Waals surface area contributed by atoms with Gasteiger partial charge < -0.3 is 10.2 Å². The fourth-order valence-corrected chi connectivity index (χ4v) is 3.42. The van der Waals surface area contributed by atoms with Gasteiger partial charge in [-0.3, -0.25) is 9.59 Å². The van der Waals surface area contributed by atoms with Crippen molar-refractivity contribution < 1.29 is 9.59 Å². The summed E-state index contributed by atoms with van der Waals surface area (Å²) in [7, 11) is 0. The number of ketones is 1. The number of nitrogens with zero attached hydrogens (tertiary/aromatic N) is 5. The molecule has 1 amide bonds. The Morgan fingerprint density at radius 2 is 1.69 bits per heavy atom. The van der Waals surface area contributed by atoms with E-state index in [-0.39, 0.29) is 17.6 Å². The molecule has 0 aliphatic carbocycles. The van der Waals surface area contributed by atoms with Crippen LogP contribution >= 0.6 is 0 Å². The average molecular weight is 390 g/mol. The van der Waals surface area contributed by atoms with E-state index < -0.39 is 0 Å². The van der Waals surface area contributed by atoms with Crippen molar-refractivity contribution in [2.24, 2.45) is 5.92 Å². The largest absolute Gasteiger partial charge is 0.355 e. The summed E-state index contributed by atoms with van der Waals surface area (Å²) in [5, 5.41) is 15.6. The third kappa shape index (κ3) is 4.31. The molecule has 8 nitrogen and oxygen atoms in total. The number of hydrogen-bond donors (Lipinski definition) is 1.